The summed E-state index contributed by atoms with van der Waals surface area (Å²) in [5, 5.41) is 39.7. The highest BCUT2D eigenvalue weighted by molar-refractivity contribution is 6.34. The minimum Gasteiger partial charge on any atom is -0.478 e. The Labute approximate surface area is 185 Å². The number of nitro benzene ring substituents is 2. The molecule has 11 nitrogen and oxygen atoms in total. The molecule has 0 aliphatic carbocycles. The van der Waals surface area contributed by atoms with Gasteiger partial charge < -0.3 is 15.5 Å². The smallest absolute Gasteiger partial charge is 0.337 e. The number of rotatable bonds is 7. The number of halogens is 5. The molecule has 0 unspecified atom stereocenters. The molecule has 0 aliphatic rings. The van der Waals surface area contributed by atoms with Crippen molar-refractivity contribution >= 4 is 52.2 Å². The summed E-state index contributed by atoms with van der Waals surface area (Å²) in [6, 6.07) is 2.84. The molecule has 3 N–H and O–H groups in total. The second-order valence-electron chi connectivity index (χ2n) is 5.53. The maximum absolute atomic E-state index is 12.8. The average molecular weight is 500 g/mol. The molecule has 0 heterocycles. The summed E-state index contributed by atoms with van der Waals surface area (Å²) in [5.74, 6) is -4.05. The Hall–Kier alpha value is -3.65. The molecule has 0 spiro atoms. The van der Waals surface area contributed by atoms with E-state index in [9.17, 15) is 43.0 Å². The monoisotopic (exact) mass is 499 g/mol. The van der Waals surface area contributed by atoms with E-state index in [1.54, 1.807) is 0 Å². The molecule has 0 amide bonds. The van der Waals surface area contributed by atoms with Gasteiger partial charge >= 0.3 is 17.6 Å². The van der Waals surface area contributed by atoms with Crippen LogP contribution in [0.3, 0.4) is 0 Å². The second kappa shape index (κ2) is 11.1. The molecule has 0 fully saturated rings. The first-order chi connectivity index (χ1) is 14.8. The van der Waals surface area contributed by atoms with Crippen molar-refractivity contribution in [3.05, 3.63) is 71.5 Å². The van der Waals surface area contributed by atoms with Gasteiger partial charge in [0.05, 0.1) is 37.6 Å². The summed E-state index contributed by atoms with van der Waals surface area (Å²) in [6.45, 7) is -0.802. The Morgan fingerprint density at radius 1 is 0.938 bits per heavy atom. The van der Waals surface area contributed by atoms with Crippen LogP contribution >= 0.6 is 23.2 Å². The number of hydrogen-bond acceptors (Lipinski definition) is 7. The molecule has 0 aromatic heterocycles. The molecule has 172 valence electrons. The lowest BCUT2D eigenvalue weighted by molar-refractivity contribution is -0.387. The van der Waals surface area contributed by atoms with Gasteiger partial charge in [0.15, 0.2) is 0 Å². The van der Waals surface area contributed by atoms with Crippen molar-refractivity contribution in [3.8, 4) is 0 Å². The zero-order valence-electron chi connectivity index (χ0n) is 15.2. The lowest BCUT2D eigenvalue weighted by Crippen LogP contribution is -2.12. The SMILES string of the molecule is O=C(O)c1cc([N+](=O)[O-])c(F)cc1Cl.O=C(O)c1cc([N+](=O)[O-])c(NCC(F)F)cc1Cl. The third kappa shape index (κ3) is 6.95. The van der Waals surface area contributed by atoms with E-state index in [1.807, 2.05) is 0 Å². The van der Waals surface area contributed by atoms with Gasteiger partial charge in [0.25, 0.3) is 12.1 Å². The summed E-state index contributed by atoms with van der Waals surface area (Å²) in [7, 11) is 0. The third-order valence-electron chi connectivity index (χ3n) is 3.42. The molecule has 2 rings (SSSR count). The number of hydrogen-bond donors (Lipinski definition) is 3. The first kappa shape index (κ1) is 26.4. The van der Waals surface area contributed by atoms with Crippen LogP contribution in [0.2, 0.25) is 10.0 Å². The number of benzene rings is 2. The minimum absolute atomic E-state index is 0.254. The normalized spacial score (nSPS) is 10.2. The Balaban J connectivity index is 0.000000330. The second-order valence-corrected chi connectivity index (χ2v) is 6.34. The number of nitro groups is 2. The molecule has 0 bridgehead atoms. The van der Waals surface area contributed by atoms with Gasteiger partial charge in [-0.15, -0.1) is 0 Å². The fourth-order valence-electron chi connectivity index (χ4n) is 2.05. The zero-order chi connectivity index (χ0) is 24.7. The van der Waals surface area contributed by atoms with E-state index in [-0.39, 0.29) is 15.7 Å². The topological polar surface area (TPSA) is 173 Å². The average Bonchev–Trinajstić information content (AvgIpc) is 2.65. The van der Waals surface area contributed by atoms with Crippen LogP contribution < -0.4 is 5.32 Å². The van der Waals surface area contributed by atoms with E-state index in [1.165, 1.54) is 0 Å². The number of carboxylic acid groups (broad SMARTS) is 2. The van der Waals surface area contributed by atoms with Crippen molar-refractivity contribution in [2.45, 2.75) is 6.43 Å². The first-order valence-electron chi connectivity index (χ1n) is 7.86. The summed E-state index contributed by atoms with van der Waals surface area (Å²) in [4.78, 5) is 40.2. The number of nitrogens with zero attached hydrogens (tertiary/aromatic N) is 2. The fraction of sp³-hybridized carbons (Fsp3) is 0.125. The molecule has 0 saturated carbocycles. The Kier molecular flexibility index (Phi) is 9.16. The molecule has 0 atom stereocenters. The molecule has 0 radical (unpaired) electrons. The number of anilines is 1. The van der Waals surface area contributed by atoms with Crippen molar-refractivity contribution in [1.82, 2.24) is 0 Å². The number of carbonyl (C=O) groups is 2. The van der Waals surface area contributed by atoms with E-state index >= 15 is 0 Å². The number of alkyl halides is 2. The highest BCUT2D eigenvalue weighted by Crippen LogP contribution is 2.31. The molecule has 16 heteroatoms. The number of nitrogens with one attached hydrogen (secondary N) is 1. The fourth-order valence-corrected chi connectivity index (χ4v) is 2.52. The van der Waals surface area contributed by atoms with E-state index in [0.717, 1.165) is 12.1 Å². The van der Waals surface area contributed by atoms with Gasteiger partial charge in [-0.3, -0.25) is 20.2 Å². The van der Waals surface area contributed by atoms with E-state index in [2.05, 4.69) is 5.32 Å². The van der Waals surface area contributed by atoms with Crippen LogP contribution in [0.5, 0.6) is 0 Å². The van der Waals surface area contributed by atoms with Crippen LogP contribution in [-0.4, -0.2) is 45.0 Å². The largest absolute Gasteiger partial charge is 0.478 e. The molecule has 0 aliphatic heterocycles. The summed E-state index contributed by atoms with van der Waals surface area (Å²) in [5.41, 5.74) is -2.76. The van der Waals surface area contributed by atoms with Gasteiger partial charge in [0, 0.05) is 18.2 Å². The standard InChI is InChI=1S/C9H7ClF2N2O4.C7H3ClFNO4/c10-5-2-6(13-3-8(11)12)7(14(17)18)1-4(5)9(15)16;8-4-2-5(9)6(10(13)14)1-3(4)7(11)12/h1-2,8,13H,3H2,(H,15,16);1-2H,(H,11,12). The lowest BCUT2D eigenvalue weighted by atomic mass is 10.1. The highest BCUT2D eigenvalue weighted by atomic mass is 35.5. The Morgan fingerprint density at radius 3 is 1.78 bits per heavy atom. The lowest BCUT2D eigenvalue weighted by Gasteiger charge is -2.08. The van der Waals surface area contributed by atoms with Gasteiger partial charge in [-0.1, -0.05) is 23.2 Å². The van der Waals surface area contributed by atoms with Crippen LogP contribution in [0.15, 0.2) is 24.3 Å². The van der Waals surface area contributed by atoms with Gasteiger partial charge in [-0.05, 0) is 6.07 Å². The van der Waals surface area contributed by atoms with Crippen molar-refractivity contribution in [2.24, 2.45) is 0 Å². The predicted octanol–water partition coefficient (Wildman–Crippen LogP) is 4.71. The van der Waals surface area contributed by atoms with Crippen LogP contribution in [0, 0.1) is 26.0 Å². The zero-order valence-corrected chi connectivity index (χ0v) is 16.7. The third-order valence-corrected chi connectivity index (χ3v) is 4.05. The molecular weight excluding hydrogens is 490 g/mol. The minimum atomic E-state index is -2.71. The van der Waals surface area contributed by atoms with Crippen molar-refractivity contribution in [3.63, 3.8) is 0 Å². The quantitative estimate of drug-likeness (QED) is 0.359. The van der Waals surface area contributed by atoms with Gasteiger partial charge in [0.2, 0.25) is 5.82 Å². The van der Waals surface area contributed by atoms with E-state index < -0.39 is 63.1 Å². The first-order valence-corrected chi connectivity index (χ1v) is 8.61. The van der Waals surface area contributed by atoms with Crippen LogP contribution in [0.25, 0.3) is 0 Å². The predicted molar refractivity (Wildman–Crippen MR) is 105 cm³/mol. The molecule has 0 saturated heterocycles. The molecular formula is C16H10Cl2F3N3O8. The maximum atomic E-state index is 12.8. The Morgan fingerprint density at radius 2 is 1.38 bits per heavy atom. The van der Waals surface area contributed by atoms with Gasteiger partial charge in [-0.2, -0.15) is 4.39 Å². The summed E-state index contributed by atoms with van der Waals surface area (Å²) in [6.07, 6.45) is -2.71. The summed E-state index contributed by atoms with van der Waals surface area (Å²) < 4.78 is 36.8. The van der Waals surface area contributed by atoms with Gasteiger partial charge in [-0.25, -0.2) is 18.4 Å². The molecule has 2 aromatic rings. The highest BCUT2D eigenvalue weighted by Gasteiger charge is 2.22. The van der Waals surface area contributed by atoms with Crippen LogP contribution in [0.4, 0.5) is 30.2 Å². The van der Waals surface area contributed by atoms with E-state index in [4.69, 9.17) is 33.4 Å². The number of carboxylic acids is 2. The number of aromatic carboxylic acids is 2. The van der Waals surface area contributed by atoms with Crippen molar-refractivity contribution in [1.29, 1.82) is 0 Å². The summed E-state index contributed by atoms with van der Waals surface area (Å²) >= 11 is 10.9. The van der Waals surface area contributed by atoms with Crippen LogP contribution in [-0.2, 0) is 0 Å². The van der Waals surface area contributed by atoms with Crippen molar-refractivity contribution in [2.75, 3.05) is 11.9 Å². The molecule has 2 aromatic carbocycles. The molecule has 32 heavy (non-hydrogen) atoms. The van der Waals surface area contributed by atoms with E-state index in [0.29, 0.717) is 12.1 Å². The van der Waals surface area contributed by atoms with Crippen molar-refractivity contribution < 1.29 is 42.8 Å². The van der Waals surface area contributed by atoms with Gasteiger partial charge in [0.1, 0.15) is 5.69 Å². The maximum Gasteiger partial charge on any atom is 0.337 e. The Bertz CT molecular complexity index is 1050. The van der Waals surface area contributed by atoms with Crippen LogP contribution in [0.1, 0.15) is 20.7 Å².